The molecule has 0 aromatic heterocycles. The van der Waals surface area contributed by atoms with Gasteiger partial charge in [-0.25, -0.2) is 5.43 Å². The van der Waals surface area contributed by atoms with Gasteiger partial charge in [0.1, 0.15) is 0 Å². The number of nitro benzene ring substituents is 1. The predicted octanol–water partition coefficient (Wildman–Crippen LogP) is 3.69. The van der Waals surface area contributed by atoms with Crippen molar-refractivity contribution >= 4 is 40.4 Å². The van der Waals surface area contributed by atoms with E-state index in [0.29, 0.717) is 30.3 Å². The number of hydrogen-bond donors (Lipinski definition) is 1. The molecule has 2 rings (SSSR count). The quantitative estimate of drug-likeness (QED) is 0.247. The van der Waals surface area contributed by atoms with Gasteiger partial charge < -0.3 is 9.47 Å². The zero-order valence-electron chi connectivity index (χ0n) is 15.5. The zero-order chi connectivity index (χ0) is 20.5. The number of carbonyl (C=O) groups excluding carboxylic acids is 1. The maximum atomic E-state index is 12.0. The number of nitro groups is 1. The van der Waals surface area contributed by atoms with Gasteiger partial charge in [-0.2, -0.15) is 5.10 Å². The maximum absolute atomic E-state index is 12.0. The van der Waals surface area contributed by atoms with Gasteiger partial charge in [-0.1, -0.05) is 12.1 Å². The Bertz CT molecular complexity index is 869. The van der Waals surface area contributed by atoms with Crippen LogP contribution in [0.3, 0.4) is 0 Å². The summed E-state index contributed by atoms with van der Waals surface area (Å²) in [5.74, 6) is 0.981. The molecule has 0 spiro atoms. The van der Waals surface area contributed by atoms with E-state index in [2.05, 4.69) is 33.1 Å². The Morgan fingerprint density at radius 2 is 1.89 bits per heavy atom. The van der Waals surface area contributed by atoms with Gasteiger partial charge in [0.05, 0.1) is 34.3 Å². The minimum Gasteiger partial charge on any atom is -0.490 e. The normalized spacial score (nSPS) is 10.7. The predicted molar refractivity (Wildman–Crippen MR) is 114 cm³/mol. The minimum atomic E-state index is -0.483. The molecule has 0 saturated heterocycles. The molecule has 148 valence electrons. The monoisotopic (exact) mass is 497 g/mol. The molecule has 28 heavy (non-hydrogen) atoms. The van der Waals surface area contributed by atoms with Crippen LogP contribution in [0.1, 0.15) is 25.0 Å². The summed E-state index contributed by atoms with van der Waals surface area (Å²) >= 11 is 2.16. The van der Waals surface area contributed by atoms with E-state index < -0.39 is 4.92 Å². The van der Waals surface area contributed by atoms with Crippen LogP contribution in [-0.4, -0.2) is 30.3 Å². The second-order valence-corrected chi connectivity index (χ2v) is 6.75. The third-order valence-electron chi connectivity index (χ3n) is 3.54. The SMILES string of the molecule is CCOc1cc(C=NNC(=O)Cc2ccc([N+](=O)[O-])cc2)cc(I)c1OCC. The van der Waals surface area contributed by atoms with Gasteiger partial charge in [0, 0.05) is 12.1 Å². The van der Waals surface area contributed by atoms with Crippen LogP contribution >= 0.6 is 22.6 Å². The third kappa shape index (κ3) is 6.19. The van der Waals surface area contributed by atoms with Gasteiger partial charge in [0.15, 0.2) is 11.5 Å². The molecule has 0 aliphatic carbocycles. The number of ether oxygens (including phenoxy) is 2. The molecule has 0 atom stereocenters. The number of non-ortho nitro benzene ring substituents is 1. The molecule has 1 amide bonds. The molecular formula is C19H20IN3O5. The molecule has 0 aliphatic heterocycles. The Balaban J connectivity index is 2.01. The number of nitrogens with zero attached hydrogens (tertiary/aromatic N) is 2. The Labute approximate surface area is 176 Å². The van der Waals surface area contributed by atoms with E-state index in [1.807, 2.05) is 19.9 Å². The van der Waals surface area contributed by atoms with Crippen molar-refractivity contribution in [2.24, 2.45) is 5.10 Å². The highest BCUT2D eigenvalue weighted by atomic mass is 127. The number of nitrogens with one attached hydrogen (secondary N) is 1. The Kier molecular flexibility index (Phi) is 8.18. The number of benzene rings is 2. The van der Waals surface area contributed by atoms with E-state index in [-0.39, 0.29) is 18.0 Å². The van der Waals surface area contributed by atoms with Crippen LogP contribution in [0.15, 0.2) is 41.5 Å². The molecule has 0 unspecified atom stereocenters. The van der Waals surface area contributed by atoms with E-state index in [0.717, 1.165) is 9.13 Å². The van der Waals surface area contributed by atoms with Gasteiger partial charge in [-0.05, 0) is 59.7 Å². The van der Waals surface area contributed by atoms with Crippen molar-refractivity contribution in [3.8, 4) is 11.5 Å². The van der Waals surface area contributed by atoms with Crippen LogP contribution in [0.5, 0.6) is 11.5 Å². The van der Waals surface area contributed by atoms with Crippen molar-refractivity contribution in [2.75, 3.05) is 13.2 Å². The fourth-order valence-corrected chi connectivity index (χ4v) is 3.13. The van der Waals surface area contributed by atoms with Gasteiger partial charge in [0.25, 0.3) is 5.69 Å². The van der Waals surface area contributed by atoms with Crippen molar-refractivity contribution in [2.45, 2.75) is 20.3 Å². The van der Waals surface area contributed by atoms with Gasteiger partial charge >= 0.3 is 0 Å². The smallest absolute Gasteiger partial charge is 0.269 e. The van der Waals surface area contributed by atoms with Crippen molar-refractivity contribution in [1.29, 1.82) is 0 Å². The summed E-state index contributed by atoms with van der Waals surface area (Å²) in [7, 11) is 0. The van der Waals surface area contributed by atoms with Crippen molar-refractivity contribution in [3.05, 3.63) is 61.2 Å². The molecule has 0 saturated carbocycles. The largest absolute Gasteiger partial charge is 0.490 e. The lowest BCUT2D eigenvalue weighted by Crippen LogP contribution is -2.19. The average molecular weight is 497 g/mol. The zero-order valence-corrected chi connectivity index (χ0v) is 17.6. The topological polar surface area (TPSA) is 103 Å². The van der Waals surface area contributed by atoms with E-state index >= 15 is 0 Å². The average Bonchev–Trinajstić information content (AvgIpc) is 2.65. The first-order valence-electron chi connectivity index (χ1n) is 8.59. The highest BCUT2D eigenvalue weighted by molar-refractivity contribution is 14.1. The highest BCUT2D eigenvalue weighted by Gasteiger charge is 2.11. The van der Waals surface area contributed by atoms with Crippen molar-refractivity contribution in [3.63, 3.8) is 0 Å². The number of amides is 1. The standard InChI is InChI=1S/C19H20IN3O5/c1-3-27-17-10-14(9-16(20)19(17)28-4-2)12-21-22-18(24)11-13-5-7-15(8-6-13)23(25)26/h5-10,12H,3-4,11H2,1-2H3,(H,22,24). The molecule has 8 nitrogen and oxygen atoms in total. The molecule has 0 bridgehead atoms. The Hall–Kier alpha value is -2.69. The highest BCUT2D eigenvalue weighted by Crippen LogP contribution is 2.33. The molecule has 0 radical (unpaired) electrons. The number of rotatable bonds is 9. The lowest BCUT2D eigenvalue weighted by atomic mass is 10.1. The number of hydrogen-bond acceptors (Lipinski definition) is 6. The first kappa shape index (κ1) is 21.6. The fourth-order valence-electron chi connectivity index (χ4n) is 2.35. The van der Waals surface area contributed by atoms with E-state index in [4.69, 9.17) is 9.47 Å². The van der Waals surface area contributed by atoms with Gasteiger partial charge in [-0.15, -0.1) is 0 Å². The van der Waals surface area contributed by atoms with E-state index in [1.54, 1.807) is 18.2 Å². The van der Waals surface area contributed by atoms with E-state index in [1.165, 1.54) is 18.3 Å². The molecule has 2 aromatic carbocycles. The summed E-state index contributed by atoms with van der Waals surface area (Å²) in [5.41, 5.74) is 3.85. The van der Waals surface area contributed by atoms with Crippen LogP contribution in [0.2, 0.25) is 0 Å². The van der Waals surface area contributed by atoms with Crippen LogP contribution in [0.4, 0.5) is 5.69 Å². The summed E-state index contributed by atoms with van der Waals surface area (Å²) in [5, 5.41) is 14.6. The first-order chi connectivity index (χ1) is 13.4. The summed E-state index contributed by atoms with van der Waals surface area (Å²) in [4.78, 5) is 22.2. The summed E-state index contributed by atoms with van der Waals surface area (Å²) in [6.45, 7) is 4.83. The summed E-state index contributed by atoms with van der Waals surface area (Å²) in [6, 6.07) is 9.49. The van der Waals surface area contributed by atoms with Crippen LogP contribution < -0.4 is 14.9 Å². The fraction of sp³-hybridized carbons (Fsp3) is 0.263. The molecule has 0 fully saturated rings. The van der Waals surface area contributed by atoms with Crippen molar-refractivity contribution in [1.82, 2.24) is 5.43 Å². The van der Waals surface area contributed by atoms with Crippen LogP contribution in [0.25, 0.3) is 0 Å². The van der Waals surface area contributed by atoms with Gasteiger partial charge in [0.2, 0.25) is 5.91 Å². The Morgan fingerprint density at radius 1 is 1.21 bits per heavy atom. The molecule has 0 heterocycles. The van der Waals surface area contributed by atoms with Gasteiger partial charge in [-0.3, -0.25) is 14.9 Å². The van der Waals surface area contributed by atoms with Crippen molar-refractivity contribution < 1.29 is 19.2 Å². The maximum Gasteiger partial charge on any atom is 0.269 e. The second kappa shape index (κ2) is 10.6. The first-order valence-corrected chi connectivity index (χ1v) is 9.66. The second-order valence-electron chi connectivity index (χ2n) is 5.59. The van der Waals surface area contributed by atoms with Crippen LogP contribution in [-0.2, 0) is 11.2 Å². The molecular weight excluding hydrogens is 477 g/mol. The number of carbonyl (C=O) groups is 1. The van der Waals surface area contributed by atoms with Crippen LogP contribution in [0, 0.1) is 13.7 Å². The molecule has 2 aromatic rings. The summed E-state index contributed by atoms with van der Waals surface area (Å²) < 4.78 is 12.1. The number of hydrazone groups is 1. The number of halogens is 1. The van der Waals surface area contributed by atoms with E-state index in [9.17, 15) is 14.9 Å². The molecule has 1 N–H and O–H groups in total. The molecule has 0 aliphatic rings. The summed E-state index contributed by atoms with van der Waals surface area (Å²) in [6.07, 6.45) is 1.59. The lowest BCUT2D eigenvalue weighted by molar-refractivity contribution is -0.384. The Morgan fingerprint density at radius 3 is 2.50 bits per heavy atom. The lowest BCUT2D eigenvalue weighted by Gasteiger charge is -2.13. The minimum absolute atomic E-state index is 0.0163. The molecule has 9 heteroatoms. The third-order valence-corrected chi connectivity index (χ3v) is 4.34.